The van der Waals surface area contributed by atoms with E-state index in [1.165, 1.54) is 18.3 Å². The Labute approximate surface area is 114 Å². The van der Waals surface area contributed by atoms with Crippen LogP contribution >= 0.6 is 0 Å². The van der Waals surface area contributed by atoms with Gasteiger partial charge in [-0.25, -0.2) is 0 Å². The van der Waals surface area contributed by atoms with Gasteiger partial charge in [0.05, 0.1) is 11.3 Å². The molecule has 3 N–H and O–H groups in total. The van der Waals surface area contributed by atoms with Crippen LogP contribution < -0.4 is 5.56 Å². The number of nitriles is 1. The van der Waals surface area contributed by atoms with Gasteiger partial charge in [-0.05, 0) is 24.6 Å². The summed E-state index contributed by atoms with van der Waals surface area (Å²) in [5.41, 5.74) is 0.368. The van der Waals surface area contributed by atoms with Crippen LogP contribution in [0.5, 0.6) is 11.6 Å². The van der Waals surface area contributed by atoms with Crippen LogP contribution in [0.3, 0.4) is 0 Å². The molecule has 0 radical (unpaired) electrons. The van der Waals surface area contributed by atoms with Gasteiger partial charge in [-0.3, -0.25) is 14.8 Å². The van der Waals surface area contributed by atoms with Gasteiger partial charge in [-0.1, -0.05) is 6.07 Å². The van der Waals surface area contributed by atoms with Crippen molar-refractivity contribution in [2.24, 2.45) is 4.99 Å². The van der Waals surface area contributed by atoms with Crippen molar-refractivity contribution in [1.82, 2.24) is 4.98 Å². The van der Waals surface area contributed by atoms with E-state index in [-0.39, 0.29) is 22.8 Å². The van der Waals surface area contributed by atoms with Gasteiger partial charge in [0.15, 0.2) is 0 Å². The lowest BCUT2D eigenvalue weighted by molar-refractivity contribution is 0.450. The summed E-state index contributed by atoms with van der Waals surface area (Å²) < 4.78 is 0. The van der Waals surface area contributed by atoms with E-state index in [0.29, 0.717) is 11.3 Å². The average molecular weight is 269 g/mol. The first-order chi connectivity index (χ1) is 9.52. The fourth-order valence-corrected chi connectivity index (χ4v) is 1.72. The van der Waals surface area contributed by atoms with E-state index in [4.69, 9.17) is 5.26 Å². The molecule has 100 valence electrons. The average Bonchev–Trinajstić information content (AvgIpc) is 2.38. The van der Waals surface area contributed by atoms with Crippen LogP contribution in [-0.2, 0) is 0 Å². The third kappa shape index (κ3) is 2.52. The highest BCUT2D eigenvalue weighted by Gasteiger charge is 2.12. The van der Waals surface area contributed by atoms with Crippen molar-refractivity contribution in [3.05, 3.63) is 51.3 Å². The number of hydrogen-bond acceptors (Lipinski definition) is 5. The lowest BCUT2D eigenvalue weighted by Gasteiger charge is -2.04. The molecule has 0 spiro atoms. The largest absolute Gasteiger partial charge is 0.508 e. The van der Waals surface area contributed by atoms with Gasteiger partial charge in [0, 0.05) is 12.3 Å². The summed E-state index contributed by atoms with van der Waals surface area (Å²) in [6, 6.07) is 8.03. The van der Waals surface area contributed by atoms with Gasteiger partial charge in [-0.2, -0.15) is 5.26 Å². The molecule has 0 fully saturated rings. The molecule has 1 heterocycles. The zero-order valence-corrected chi connectivity index (χ0v) is 10.6. The van der Waals surface area contributed by atoms with E-state index in [0.717, 1.165) is 0 Å². The summed E-state index contributed by atoms with van der Waals surface area (Å²) in [6.45, 7) is 1.55. The normalized spacial score (nSPS) is 10.6. The molecule has 1 aromatic heterocycles. The quantitative estimate of drug-likeness (QED) is 0.721. The minimum absolute atomic E-state index is 0.0692. The highest BCUT2D eigenvalue weighted by atomic mass is 16.3. The minimum Gasteiger partial charge on any atom is -0.508 e. The molecule has 6 heteroatoms. The van der Waals surface area contributed by atoms with E-state index in [9.17, 15) is 15.0 Å². The van der Waals surface area contributed by atoms with Gasteiger partial charge in [0.25, 0.3) is 5.56 Å². The van der Waals surface area contributed by atoms with Gasteiger partial charge >= 0.3 is 0 Å². The van der Waals surface area contributed by atoms with Gasteiger partial charge in [0.1, 0.15) is 17.4 Å². The Hall–Kier alpha value is -3.07. The molecule has 0 aliphatic rings. The number of aromatic nitrogens is 1. The molecule has 6 nitrogen and oxygen atoms in total. The number of aromatic amines is 1. The summed E-state index contributed by atoms with van der Waals surface area (Å²) in [6.07, 6.45) is 1.33. The number of aromatic hydroxyl groups is 2. The van der Waals surface area contributed by atoms with Crippen LogP contribution in [0.15, 0.2) is 34.1 Å². The van der Waals surface area contributed by atoms with E-state index in [2.05, 4.69) is 9.98 Å². The number of benzene rings is 1. The zero-order chi connectivity index (χ0) is 14.7. The summed E-state index contributed by atoms with van der Waals surface area (Å²) in [4.78, 5) is 17.7. The Morgan fingerprint density at radius 1 is 1.40 bits per heavy atom. The molecular weight excluding hydrogens is 258 g/mol. The standard InChI is InChI=1S/C14H11N3O3/c1-8-11(6-15)13(19)17-14(20)12(8)7-16-9-3-2-4-10(18)5-9/h2-5,7,18H,1H3,(H2,17,19,20). The third-order valence-corrected chi connectivity index (χ3v) is 2.78. The highest BCUT2D eigenvalue weighted by molar-refractivity contribution is 5.87. The number of nitrogens with one attached hydrogen (secondary N) is 1. The van der Waals surface area contributed by atoms with E-state index >= 15 is 0 Å². The molecule has 0 amide bonds. The van der Waals surface area contributed by atoms with Gasteiger partial charge < -0.3 is 10.2 Å². The predicted octanol–water partition coefficient (Wildman–Crippen LogP) is 1.72. The predicted molar refractivity (Wildman–Crippen MR) is 73.5 cm³/mol. The summed E-state index contributed by atoms with van der Waals surface area (Å²) in [5, 5.41) is 28.0. The van der Waals surface area contributed by atoms with Gasteiger partial charge in [0.2, 0.25) is 5.88 Å². The number of rotatable bonds is 2. The van der Waals surface area contributed by atoms with Crippen molar-refractivity contribution in [3.63, 3.8) is 0 Å². The van der Waals surface area contributed by atoms with Crippen LogP contribution in [0.1, 0.15) is 16.7 Å². The number of pyridine rings is 1. The van der Waals surface area contributed by atoms with Crippen LogP contribution in [0, 0.1) is 18.3 Å². The molecule has 1 aromatic carbocycles. The highest BCUT2D eigenvalue weighted by Crippen LogP contribution is 2.21. The van der Waals surface area contributed by atoms with Gasteiger partial charge in [-0.15, -0.1) is 0 Å². The number of phenolic OH excluding ortho intramolecular Hbond substituents is 1. The Balaban J connectivity index is 2.50. The Kier molecular flexibility index (Phi) is 3.53. The van der Waals surface area contributed by atoms with Crippen molar-refractivity contribution in [3.8, 4) is 17.7 Å². The fourth-order valence-electron chi connectivity index (χ4n) is 1.72. The molecule has 0 atom stereocenters. The van der Waals surface area contributed by atoms with E-state index in [1.54, 1.807) is 25.1 Å². The molecule has 0 bridgehead atoms. The first-order valence-electron chi connectivity index (χ1n) is 5.72. The van der Waals surface area contributed by atoms with Crippen molar-refractivity contribution in [2.75, 3.05) is 0 Å². The zero-order valence-electron chi connectivity index (χ0n) is 10.6. The summed E-state index contributed by atoms with van der Waals surface area (Å²) in [5.74, 6) is -0.282. The second-order valence-electron chi connectivity index (χ2n) is 4.11. The number of H-pyrrole nitrogens is 1. The molecule has 0 aliphatic carbocycles. The van der Waals surface area contributed by atoms with Crippen LogP contribution in [0.4, 0.5) is 5.69 Å². The fraction of sp³-hybridized carbons (Fsp3) is 0.0714. The Morgan fingerprint density at radius 3 is 2.80 bits per heavy atom. The van der Waals surface area contributed by atoms with E-state index in [1.807, 2.05) is 0 Å². The second-order valence-corrected chi connectivity index (χ2v) is 4.11. The number of hydrogen-bond donors (Lipinski definition) is 3. The van der Waals surface area contributed by atoms with Crippen LogP contribution in [0.2, 0.25) is 0 Å². The van der Waals surface area contributed by atoms with Crippen molar-refractivity contribution in [2.45, 2.75) is 6.92 Å². The molecule has 20 heavy (non-hydrogen) atoms. The Bertz CT molecular complexity index is 785. The number of aliphatic imine (C=N–C) groups is 1. The molecule has 2 aromatic rings. The SMILES string of the molecule is Cc1c(C=Nc2cccc(O)c2)c(O)[nH]c(=O)c1C#N. The lowest BCUT2D eigenvalue weighted by atomic mass is 10.1. The molecule has 0 saturated carbocycles. The van der Waals surface area contributed by atoms with Crippen molar-refractivity contribution >= 4 is 11.9 Å². The molecular formula is C14H11N3O3. The van der Waals surface area contributed by atoms with Crippen LogP contribution in [-0.4, -0.2) is 21.4 Å². The lowest BCUT2D eigenvalue weighted by Crippen LogP contribution is -2.14. The number of phenols is 1. The second kappa shape index (κ2) is 5.28. The summed E-state index contributed by atoms with van der Waals surface area (Å²) >= 11 is 0. The van der Waals surface area contributed by atoms with Crippen molar-refractivity contribution < 1.29 is 10.2 Å². The van der Waals surface area contributed by atoms with E-state index < -0.39 is 5.56 Å². The molecule has 2 rings (SSSR count). The first-order valence-corrected chi connectivity index (χ1v) is 5.72. The maximum absolute atomic E-state index is 11.4. The maximum atomic E-state index is 11.4. The monoisotopic (exact) mass is 269 g/mol. The Morgan fingerprint density at radius 2 is 2.15 bits per heavy atom. The van der Waals surface area contributed by atoms with Crippen molar-refractivity contribution in [1.29, 1.82) is 5.26 Å². The number of nitrogens with zero attached hydrogens (tertiary/aromatic N) is 2. The maximum Gasteiger partial charge on any atom is 0.268 e. The summed E-state index contributed by atoms with van der Waals surface area (Å²) in [7, 11) is 0. The van der Waals surface area contributed by atoms with Crippen LogP contribution in [0.25, 0.3) is 0 Å². The third-order valence-electron chi connectivity index (χ3n) is 2.78. The minimum atomic E-state index is -0.642. The molecule has 0 unspecified atom stereocenters. The topological polar surface area (TPSA) is 109 Å². The smallest absolute Gasteiger partial charge is 0.268 e. The molecule has 0 aliphatic heterocycles. The first kappa shape index (κ1) is 13.4. The molecule has 0 saturated heterocycles.